The van der Waals surface area contributed by atoms with Gasteiger partial charge in [-0.05, 0) is 55.0 Å². The number of nitrogens with zero attached hydrogens (tertiary/aromatic N) is 2. The van der Waals surface area contributed by atoms with Crippen molar-refractivity contribution < 1.29 is 14.6 Å². The summed E-state index contributed by atoms with van der Waals surface area (Å²) in [6, 6.07) is 14.2. The van der Waals surface area contributed by atoms with Crippen LogP contribution in [0.3, 0.4) is 0 Å². The van der Waals surface area contributed by atoms with Crippen molar-refractivity contribution in [3.05, 3.63) is 53.1 Å². The second-order valence-corrected chi connectivity index (χ2v) is 11.4. The molecule has 2 aromatic carbocycles. The maximum atomic E-state index is 9.65. The van der Waals surface area contributed by atoms with E-state index in [2.05, 4.69) is 56.9 Å². The zero-order valence-electron chi connectivity index (χ0n) is 21.7. The fourth-order valence-corrected chi connectivity index (χ4v) is 6.85. The molecule has 0 spiro atoms. The van der Waals surface area contributed by atoms with Crippen molar-refractivity contribution in [3.63, 3.8) is 0 Å². The Hall–Kier alpha value is -2.75. The van der Waals surface area contributed by atoms with Crippen LogP contribution in [0.4, 0.5) is 5.69 Å². The number of hydrogen-bond donors (Lipinski definition) is 2. The highest BCUT2D eigenvalue weighted by Gasteiger charge is 2.69. The lowest BCUT2D eigenvalue weighted by molar-refractivity contribution is -0.237. The topological polar surface area (TPSA) is 91.7 Å². The van der Waals surface area contributed by atoms with E-state index < -0.39 is 5.60 Å². The zero-order chi connectivity index (χ0) is 25.4. The predicted molar refractivity (Wildman–Crippen MR) is 139 cm³/mol. The molecule has 1 saturated heterocycles. The second kappa shape index (κ2) is 9.37. The number of rotatable bonds is 7. The van der Waals surface area contributed by atoms with E-state index in [0.717, 1.165) is 43.5 Å². The summed E-state index contributed by atoms with van der Waals surface area (Å²) < 4.78 is 12.6. The van der Waals surface area contributed by atoms with Gasteiger partial charge in [-0.2, -0.15) is 5.26 Å². The van der Waals surface area contributed by atoms with E-state index in [1.165, 1.54) is 5.69 Å². The van der Waals surface area contributed by atoms with Crippen molar-refractivity contribution in [1.29, 1.82) is 5.26 Å². The molecule has 35 heavy (non-hydrogen) atoms. The second-order valence-electron chi connectivity index (χ2n) is 11.4. The first-order valence-corrected chi connectivity index (χ1v) is 12.6. The number of aliphatic hydroxyl groups is 1. The number of anilines is 1. The summed E-state index contributed by atoms with van der Waals surface area (Å²) in [4.78, 5) is 2.44. The molecule has 1 aliphatic carbocycles. The van der Waals surface area contributed by atoms with Gasteiger partial charge in [-0.3, -0.25) is 0 Å². The van der Waals surface area contributed by atoms with Gasteiger partial charge in [0.2, 0.25) is 0 Å². The van der Waals surface area contributed by atoms with E-state index in [4.69, 9.17) is 15.2 Å². The smallest absolute Gasteiger partial charge is 0.146 e. The summed E-state index contributed by atoms with van der Waals surface area (Å²) in [5, 5.41) is 19.1. The standard InChI is InChI=1S/C29H39N3O3/c1-27(2)19-28(3,4)29(27,35-23-8-7-22(17-31)26(15-23)34-5)24-14-21(16-30)6-9-25(24)32-12-10-20(18-33)11-13-32/h6-9,14-15,20,33H,10-13,16,18-19,30H2,1-5H3. The fraction of sp³-hybridized carbons (Fsp3) is 0.552. The Kier molecular flexibility index (Phi) is 6.78. The van der Waals surface area contributed by atoms with Crippen LogP contribution >= 0.6 is 0 Å². The highest BCUT2D eigenvalue weighted by Crippen LogP contribution is 2.69. The third-order valence-corrected chi connectivity index (χ3v) is 8.24. The van der Waals surface area contributed by atoms with Crippen LogP contribution in [0.5, 0.6) is 11.5 Å². The molecule has 2 aliphatic rings. The zero-order valence-corrected chi connectivity index (χ0v) is 21.7. The van der Waals surface area contributed by atoms with Crippen molar-refractivity contribution in [3.8, 4) is 17.6 Å². The van der Waals surface area contributed by atoms with Crippen molar-refractivity contribution >= 4 is 5.69 Å². The monoisotopic (exact) mass is 477 g/mol. The molecule has 6 nitrogen and oxygen atoms in total. The van der Waals surface area contributed by atoms with Gasteiger partial charge in [0.1, 0.15) is 23.2 Å². The van der Waals surface area contributed by atoms with Crippen molar-refractivity contribution in [2.45, 2.75) is 59.1 Å². The number of aliphatic hydroxyl groups excluding tert-OH is 1. The third kappa shape index (κ3) is 4.15. The van der Waals surface area contributed by atoms with Gasteiger partial charge in [-0.1, -0.05) is 33.8 Å². The lowest BCUT2D eigenvalue weighted by atomic mass is 9.42. The van der Waals surface area contributed by atoms with E-state index in [0.29, 0.717) is 29.5 Å². The number of methoxy groups -OCH3 is 1. The van der Waals surface area contributed by atoms with E-state index in [9.17, 15) is 10.4 Å². The Morgan fingerprint density at radius 2 is 1.77 bits per heavy atom. The number of ether oxygens (including phenoxy) is 2. The normalized spacial score (nSPS) is 20.6. The first-order valence-electron chi connectivity index (χ1n) is 12.6. The van der Waals surface area contributed by atoms with Gasteiger partial charge in [-0.15, -0.1) is 0 Å². The maximum Gasteiger partial charge on any atom is 0.146 e. The number of piperidine rings is 1. The minimum Gasteiger partial charge on any atom is -0.495 e. The first-order chi connectivity index (χ1) is 16.6. The molecule has 0 unspecified atom stereocenters. The van der Waals surface area contributed by atoms with Crippen molar-refractivity contribution in [1.82, 2.24) is 0 Å². The van der Waals surface area contributed by atoms with E-state index in [1.807, 2.05) is 12.1 Å². The van der Waals surface area contributed by atoms with Crippen LogP contribution in [-0.2, 0) is 12.1 Å². The first kappa shape index (κ1) is 25.3. The number of benzene rings is 2. The van der Waals surface area contributed by atoms with Crippen LogP contribution in [0.1, 0.15) is 63.6 Å². The van der Waals surface area contributed by atoms with Gasteiger partial charge >= 0.3 is 0 Å². The molecule has 2 aromatic rings. The lowest BCUT2D eigenvalue weighted by Crippen LogP contribution is -2.67. The summed E-state index contributed by atoms with van der Waals surface area (Å²) in [5.41, 5.74) is 9.10. The van der Waals surface area contributed by atoms with Crippen LogP contribution in [0.25, 0.3) is 0 Å². The summed E-state index contributed by atoms with van der Waals surface area (Å²) >= 11 is 0. The molecule has 1 aliphatic heterocycles. The highest BCUT2D eigenvalue weighted by atomic mass is 16.5. The Balaban J connectivity index is 1.86. The van der Waals surface area contributed by atoms with E-state index >= 15 is 0 Å². The average molecular weight is 478 g/mol. The van der Waals surface area contributed by atoms with Gasteiger partial charge in [0.15, 0.2) is 0 Å². The summed E-state index contributed by atoms with van der Waals surface area (Å²) in [6.07, 6.45) is 2.95. The Morgan fingerprint density at radius 1 is 1.09 bits per heavy atom. The molecule has 4 rings (SSSR count). The van der Waals surface area contributed by atoms with Crippen LogP contribution in [0.15, 0.2) is 36.4 Å². The van der Waals surface area contributed by atoms with Crippen molar-refractivity contribution in [2.24, 2.45) is 22.5 Å². The highest BCUT2D eigenvalue weighted by molar-refractivity contribution is 5.61. The van der Waals surface area contributed by atoms with Gasteiger partial charge in [0, 0.05) is 54.4 Å². The van der Waals surface area contributed by atoms with Gasteiger partial charge in [-0.25, -0.2) is 0 Å². The van der Waals surface area contributed by atoms with Crippen molar-refractivity contribution in [2.75, 3.05) is 31.7 Å². The van der Waals surface area contributed by atoms with Crippen LogP contribution in [0, 0.1) is 28.1 Å². The lowest BCUT2D eigenvalue weighted by Gasteiger charge is -2.67. The molecule has 0 amide bonds. The number of nitrogens with two attached hydrogens (primary N) is 1. The largest absolute Gasteiger partial charge is 0.495 e. The maximum absolute atomic E-state index is 9.65. The minimum absolute atomic E-state index is 0.150. The van der Waals surface area contributed by atoms with Crippen LogP contribution in [0.2, 0.25) is 0 Å². The molecular formula is C29H39N3O3. The molecule has 0 radical (unpaired) electrons. The van der Waals surface area contributed by atoms with Gasteiger partial charge < -0.3 is 25.2 Å². The Labute approximate surface area is 209 Å². The molecule has 2 fully saturated rings. The molecule has 3 N–H and O–H groups in total. The Bertz CT molecular complexity index is 1100. The molecule has 1 heterocycles. The molecule has 188 valence electrons. The third-order valence-electron chi connectivity index (χ3n) is 8.24. The average Bonchev–Trinajstić information content (AvgIpc) is 2.85. The minimum atomic E-state index is -0.618. The van der Waals surface area contributed by atoms with Gasteiger partial charge in [0.25, 0.3) is 0 Å². The summed E-state index contributed by atoms with van der Waals surface area (Å²) in [7, 11) is 1.58. The molecule has 0 bridgehead atoms. The molecule has 0 atom stereocenters. The SMILES string of the molecule is COc1cc(OC2(c3cc(CN)ccc3N3CCC(CO)CC3)C(C)(C)CC2(C)C)ccc1C#N. The summed E-state index contributed by atoms with van der Waals surface area (Å²) in [5.74, 6) is 1.56. The van der Waals surface area contributed by atoms with Crippen LogP contribution < -0.4 is 20.1 Å². The Morgan fingerprint density at radius 3 is 2.31 bits per heavy atom. The molecule has 6 heteroatoms. The molecule has 1 saturated carbocycles. The number of hydrogen-bond acceptors (Lipinski definition) is 6. The molecular weight excluding hydrogens is 438 g/mol. The van der Waals surface area contributed by atoms with Gasteiger partial charge in [0.05, 0.1) is 12.7 Å². The van der Waals surface area contributed by atoms with E-state index in [-0.39, 0.29) is 17.4 Å². The quantitative estimate of drug-likeness (QED) is 0.585. The van der Waals surface area contributed by atoms with Crippen LogP contribution in [-0.4, -0.2) is 31.9 Å². The van der Waals surface area contributed by atoms with E-state index in [1.54, 1.807) is 13.2 Å². The summed E-state index contributed by atoms with van der Waals surface area (Å²) in [6.45, 7) is 11.6. The molecule has 0 aromatic heterocycles. The fourth-order valence-electron chi connectivity index (χ4n) is 6.85. The number of nitriles is 1. The predicted octanol–water partition coefficient (Wildman–Crippen LogP) is 4.96.